The third-order valence-corrected chi connectivity index (χ3v) is 3.41. The lowest BCUT2D eigenvalue weighted by Crippen LogP contribution is -2.29. The molecule has 1 amide bonds. The van der Waals surface area contributed by atoms with Gasteiger partial charge in [0.15, 0.2) is 0 Å². The quantitative estimate of drug-likeness (QED) is 0.795. The van der Waals surface area contributed by atoms with Gasteiger partial charge in [0.05, 0.1) is 12.7 Å². The summed E-state index contributed by atoms with van der Waals surface area (Å²) in [5.41, 5.74) is 0.755. The molecule has 0 aliphatic heterocycles. The number of carbonyl (C=O) groups excluding carboxylic acids is 1. The van der Waals surface area contributed by atoms with Gasteiger partial charge in [-0.25, -0.2) is 9.48 Å². The van der Waals surface area contributed by atoms with Crippen molar-refractivity contribution in [3.05, 3.63) is 57.5 Å². The molecule has 2 N–H and O–H groups in total. The minimum atomic E-state index is -1.03. The first-order chi connectivity index (χ1) is 11.4. The Bertz CT molecular complexity index is 829. The van der Waals surface area contributed by atoms with Crippen LogP contribution < -0.4 is 15.6 Å². The molecule has 0 saturated carbocycles. The molecule has 0 bridgehead atoms. The molecule has 0 unspecified atom stereocenters. The van der Waals surface area contributed by atoms with Gasteiger partial charge < -0.3 is 15.2 Å². The first-order valence-corrected chi connectivity index (χ1v) is 7.15. The first-order valence-electron chi connectivity index (χ1n) is 7.15. The van der Waals surface area contributed by atoms with Gasteiger partial charge in [-0.2, -0.15) is 5.10 Å². The zero-order chi connectivity index (χ0) is 17.7. The topological polar surface area (TPSA) is 111 Å². The SMILES string of the molecule is COc1cc(C(=O)O)ccc1CCNC(=O)c1ccc(=O)n(C)n1. The molecule has 0 spiro atoms. The van der Waals surface area contributed by atoms with Gasteiger partial charge in [-0.15, -0.1) is 0 Å². The number of aromatic carboxylic acids is 1. The summed E-state index contributed by atoms with van der Waals surface area (Å²) in [6.45, 7) is 0.312. The Morgan fingerprint density at radius 3 is 2.67 bits per heavy atom. The van der Waals surface area contributed by atoms with E-state index in [1.165, 1.54) is 38.4 Å². The molecule has 0 aliphatic carbocycles. The Labute approximate surface area is 137 Å². The van der Waals surface area contributed by atoms with Gasteiger partial charge in [-0.3, -0.25) is 9.59 Å². The second-order valence-electron chi connectivity index (χ2n) is 5.02. The van der Waals surface area contributed by atoms with Crippen molar-refractivity contribution < 1.29 is 19.4 Å². The van der Waals surface area contributed by atoms with E-state index in [4.69, 9.17) is 9.84 Å². The van der Waals surface area contributed by atoms with Crippen LogP contribution in [0.25, 0.3) is 0 Å². The van der Waals surface area contributed by atoms with Crippen LogP contribution in [-0.4, -0.2) is 40.4 Å². The summed E-state index contributed by atoms with van der Waals surface area (Å²) in [4.78, 5) is 34.2. The van der Waals surface area contributed by atoms with Crippen LogP contribution in [0, 0.1) is 0 Å². The highest BCUT2D eigenvalue weighted by Gasteiger charge is 2.11. The maximum atomic E-state index is 12.0. The monoisotopic (exact) mass is 331 g/mol. The Hall–Kier alpha value is -3.16. The van der Waals surface area contributed by atoms with Gasteiger partial charge >= 0.3 is 5.97 Å². The summed E-state index contributed by atoms with van der Waals surface area (Å²) in [5.74, 6) is -0.981. The van der Waals surface area contributed by atoms with E-state index in [0.29, 0.717) is 18.7 Å². The van der Waals surface area contributed by atoms with E-state index in [9.17, 15) is 14.4 Å². The number of carboxylic acid groups (broad SMARTS) is 1. The highest BCUT2D eigenvalue weighted by molar-refractivity contribution is 5.92. The lowest BCUT2D eigenvalue weighted by molar-refractivity contribution is 0.0696. The van der Waals surface area contributed by atoms with E-state index in [1.54, 1.807) is 6.07 Å². The van der Waals surface area contributed by atoms with Crippen LogP contribution in [0.1, 0.15) is 26.4 Å². The Morgan fingerprint density at radius 2 is 2.04 bits per heavy atom. The van der Waals surface area contributed by atoms with Crippen LogP contribution in [0.5, 0.6) is 5.75 Å². The molecule has 0 atom stereocenters. The molecule has 2 rings (SSSR count). The van der Waals surface area contributed by atoms with Crippen LogP contribution in [0.2, 0.25) is 0 Å². The number of ether oxygens (including phenoxy) is 1. The number of nitrogens with zero attached hydrogens (tertiary/aromatic N) is 2. The van der Waals surface area contributed by atoms with Gasteiger partial charge in [0.1, 0.15) is 11.4 Å². The number of rotatable bonds is 6. The van der Waals surface area contributed by atoms with Crippen molar-refractivity contribution in [1.82, 2.24) is 15.1 Å². The Balaban J connectivity index is 2.01. The third-order valence-electron chi connectivity index (χ3n) is 3.41. The van der Waals surface area contributed by atoms with Crippen molar-refractivity contribution in [3.63, 3.8) is 0 Å². The normalized spacial score (nSPS) is 10.2. The summed E-state index contributed by atoms with van der Waals surface area (Å²) in [5, 5.41) is 15.5. The summed E-state index contributed by atoms with van der Waals surface area (Å²) in [6.07, 6.45) is 0.459. The second kappa shape index (κ2) is 7.40. The zero-order valence-corrected chi connectivity index (χ0v) is 13.3. The fraction of sp³-hybridized carbons (Fsp3) is 0.250. The molecule has 1 heterocycles. The Kier molecular flexibility index (Phi) is 5.31. The molecular weight excluding hydrogens is 314 g/mol. The highest BCUT2D eigenvalue weighted by atomic mass is 16.5. The van der Waals surface area contributed by atoms with Gasteiger partial charge in [0.2, 0.25) is 0 Å². The molecule has 0 fully saturated rings. The van der Waals surface area contributed by atoms with Gasteiger partial charge in [-0.1, -0.05) is 6.07 Å². The summed E-state index contributed by atoms with van der Waals surface area (Å²) in [7, 11) is 2.92. The number of nitrogens with one attached hydrogen (secondary N) is 1. The van der Waals surface area contributed by atoms with Crippen LogP contribution in [-0.2, 0) is 13.5 Å². The van der Waals surface area contributed by atoms with Crippen molar-refractivity contribution in [2.45, 2.75) is 6.42 Å². The molecule has 0 radical (unpaired) electrons. The van der Waals surface area contributed by atoms with E-state index in [2.05, 4.69) is 10.4 Å². The van der Waals surface area contributed by atoms with Crippen molar-refractivity contribution in [1.29, 1.82) is 0 Å². The van der Waals surface area contributed by atoms with Crippen LogP contribution >= 0.6 is 0 Å². The molecule has 24 heavy (non-hydrogen) atoms. The largest absolute Gasteiger partial charge is 0.496 e. The smallest absolute Gasteiger partial charge is 0.335 e. The van der Waals surface area contributed by atoms with Crippen molar-refractivity contribution in [2.24, 2.45) is 7.05 Å². The Morgan fingerprint density at radius 1 is 1.29 bits per heavy atom. The third kappa shape index (κ3) is 3.97. The standard InChI is InChI=1S/C16H17N3O5/c1-19-14(20)6-5-12(18-19)15(21)17-8-7-10-3-4-11(16(22)23)9-13(10)24-2/h3-6,9H,7-8H2,1-2H3,(H,17,21)(H,22,23). The van der Waals surface area contributed by atoms with E-state index < -0.39 is 11.9 Å². The average Bonchev–Trinajstić information content (AvgIpc) is 2.57. The average molecular weight is 331 g/mol. The highest BCUT2D eigenvalue weighted by Crippen LogP contribution is 2.20. The van der Waals surface area contributed by atoms with Crippen molar-refractivity contribution in [2.75, 3.05) is 13.7 Å². The molecule has 1 aromatic heterocycles. The summed E-state index contributed by atoms with van der Waals surface area (Å²) >= 11 is 0. The first kappa shape index (κ1) is 17.2. The van der Waals surface area contributed by atoms with Gasteiger partial charge in [0, 0.05) is 19.7 Å². The van der Waals surface area contributed by atoms with E-state index in [0.717, 1.165) is 10.2 Å². The lowest BCUT2D eigenvalue weighted by atomic mass is 10.1. The van der Waals surface area contributed by atoms with Crippen LogP contribution in [0.15, 0.2) is 35.1 Å². The summed E-state index contributed by atoms with van der Waals surface area (Å²) < 4.78 is 6.27. The van der Waals surface area contributed by atoms with E-state index in [-0.39, 0.29) is 16.8 Å². The van der Waals surface area contributed by atoms with Gasteiger partial charge in [-0.05, 0) is 30.2 Å². The predicted molar refractivity (Wildman–Crippen MR) is 85.5 cm³/mol. The number of benzene rings is 1. The molecule has 0 saturated heterocycles. The fourth-order valence-electron chi connectivity index (χ4n) is 2.11. The number of amides is 1. The van der Waals surface area contributed by atoms with Crippen molar-refractivity contribution in [3.8, 4) is 5.75 Å². The number of hydrogen-bond acceptors (Lipinski definition) is 5. The summed E-state index contributed by atoms with van der Waals surface area (Å²) in [6, 6.07) is 7.21. The number of methoxy groups -OCH3 is 1. The van der Waals surface area contributed by atoms with Crippen molar-refractivity contribution >= 4 is 11.9 Å². The molecular formula is C16H17N3O5. The number of hydrogen-bond donors (Lipinski definition) is 2. The van der Waals surface area contributed by atoms with E-state index >= 15 is 0 Å². The maximum absolute atomic E-state index is 12.0. The number of carboxylic acids is 1. The number of aromatic nitrogens is 2. The minimum absolute atomic E-state index is 0.133. The molecule has 0 aliphatic rings. The molecule has 2 aromatic rings. The van der Waals surface area contributed by atoms with E-state index in [1.807, 2.05) is 0 Å². The fourth-order valence-corrected chi connectivity index (χ4v) is 2.11. The molecule has 126 valence electrons. The molecule has 8 heteroatoms. The maximum Gasteiger partial charge on any atom is 0.335 e. The lowest BCUT2D eigenvalue weighted by Gasteiger charge is -2.10. The predicted octanol–water partition coefficient (Wildman–Crippen LogP) is 0.460. The second-order valence-corrected chi connectivity index (χ2v) is 5.02. The number of aryl methyl sites for hydroxylation is 1. The number of carbonyl (C=O) groups is 2. The van der Waals surface area contributed by atoms with Gasteiger partial charge in [0.25, 0.3) is 11.5 Å². The zero-order valence-electron chi connectivity index (χ0n) is 13.3. The molecule has 1 aromatic carbocycles. The van der Waals surface area contributed by atoms with Crippen LogP contribution in [0.4, 0.5) is 0 Å². The minimum Gasteiger partial charge on any atom is -0.496 e. The van der Waals surface area contributed by atoms with Crippen LogP contribution in [0.3, 0.4) is 0 Å². The molecule has 8 nitrogen and oxygen atoms in total.